The zero-order chi connectivity index (χ0) is 44.2. The van der Waals surface area contributed by atoms with Crippen molar-refractivity contribution in [1.29, 1.82) is 0 Å². The molecule has 13 nitrogen and oxygen atoms in total. The molecule has 0 saturated carbocycles. The van der Waals surface area contributed by atoms with Crippen molar-refractivity contribution in [1.82, 2.24) is 4.90 Å². The van der Waals surface area contributed by atoms with Crippen molar-refractivity contribution in [3.8, 4) is 0 Å². The molecule has 314 valence electrons. The Bertz CT molecular complexity index is 2420. The molecule has 3 heterocycles. The van der Waals surface area contributed by atoms with Crippen molar-refractivity contribution >= 4 is 81.3 Å². The molecule has 1 saturated heterocycles. The minimum absolute atomic E-state index is 0.300. The molecule has 7 rings (SSSR count). The number of nitrogens with zero attached hydrogens (tertiary/aromatic N) is 1. The third-order valence-electron chi connectivity index (χ3n) is 9.10. The van der Waals surface area contributed by atoms with Crippen LogP contribution >= 0.6 is 11.6 Å². The van der Waals surface area contributed by atoms with Gasteiger partial charge in [0.05, 0.1) is 0 Å². The molecule has 1 aliphatic rings. The molecule has 1 fully saturated rings. The summed E-state index contributed by atoms with van der Waals surface area (Å²) >= 11 is 5.17. The van der Waals surface area contributed by atoms with E-state index in [2.05, 4.69) is 31.0 Å². The fraction of sp³-hybridized carbons (Fsp3) is 0.273. The summed E-state index contributed by atoms with van der Waals surface area (Å²) in [6, 6.07) is 25.3. The summed E-state index contributed by atoms with van der Waals surface area (Å²) in [4.78, 5) is 47.6. The van der Waals surface area contributed by atoms with Crippen molar-refractivity contribution in [3.63, 3.8) is 0 Å². The number of nitrogens with one attached hydrogen (secondary N) is 1. The van der Waals surface area contributed by atoms with Crippen molar-refractivity contribution < 1.29 is 37.9 Å². The van der Waals surface area contributed by atoms with E-state index in [0.717, 1.165) is 35.1 Å². The van der Waals surface area contributed by atoms with Crippen LogP contribution in [-0.4, -0.2) is 73.2 Å². The SMILES string of the molecule is C1CCOC1.CCN(CC)CC.Cc1cc(=O)oc2cc(N)ccc12.Cc1cc(=O)oc2cc(NC(=O)c3ccc(B(O)O)cc3)ccc12.O=Bc1ccc(C(=O)Cl)cc1. The first-order valence-electron chi connectivity index (χ1n) is 19.4. The van der Waals surface area contributed by atoms with Crippen LogP contribution in [0.4, 0.5) is 11.4 Å². The molecule has 60 heavy (non-hydrogen) atoms. The second-order valence-corrected chi connectivity index (χ2v) is 13.7. The third kappa shape index (κ3) is 15.8. The molecule has 1 aliphatic heterocycles. The van der Waals surface area contributed by atoms with Gasteiger partial charge < -0.3 is 39.6 Å². The van der Waals surface area contributed by atoms with E-state index in [1.54, 1.807) is 42.5 Å². The molecular weight excluding hydrogens is 788 g/mol. The van der Waals surface area contributed by atoms with Crippen LogP contribution in [0.2, 0.25) is 0 Å². The van der Waals surface area contributed by atoms with Gasteiger partial charge in [-0.15, -0.1) is 0 Å². The number of aryl methyl sites for hydroxylation is 2. The van der Waals surface area contributed by atoms with Crippen molar-refractivity contribution in [3.05, 3.63) is 140 Å². The molecule has 0 radical (unpaired) electrons. The molecule has 2 aromatic heterocycles. The van der Waals surface area contributed by atoms with Crippen molar-refractivity contribution in [2.45, 2.75) is 47.5 Å². The van der Waals surface area contributed by atoms with Crippen LogP contribution in [0.25, 0.3) is 21.9 Å². The number of hydrogen-bond donors (Lipinski definition) is 4. The molecule has 6 aromatic rings. The summed E-state index contributed by atoms with van der Waals surface area (Å²) in [5, 5.41) is 22.0. The summed E-state index contributed by atoms with van der Waals surface area (Å²) in [5.74, 6) is -0.358. The summed E-state index contributed by atoms with van der Waals surface area (Å²) in [7, 11) is -0.864. The summed E-state index contributed by atoms with van der Waals surface area (Å²) in [5.41, 5.74) is 10.1. The van der Waals surface area contributed by atoms with Gasteiger partial charge in [0.2, 0.25) is 0 Å². The molecule has 0 unspecified atom stereocenters. The zero-order valence-corrected chi connectivity index (χ0v) is 35.2. The number of hydrogen-bond acceptors (Lipinski definition) is 12. The number of nitrogen functional groups attached to an aromatic ring is 1. The van der Waals surface area contributed by atoms with Crippen LogP contribution in [0, 0.1) is 13.8 Å². The fourth-order valence-corrected chi connectivity index (χ4v) is 5.75. The van der Waals surface area contributed by atoms with E-state index in [9.17, 15) is 23.9 Å². The number of anilines is 2. The van der Waals surface area contributed by atoms with E-state index in [-0.39, 0.29) is 11.5 Å². The Kier molecular flexibility index (Phi) is 20.3. The van der Waals surface area contributed by atoms with Gasteiger partial charge in [-0.2, -0.15) is 0 Å². The van der Waals surface area contributed by atoms with Gasteiger partial charge in [0.15, 0.2) is 0 Å². The molecule has 16 heteroatoms. The quantitative estimate of drug-likeness (QED) is 0.0641. The zero-order valence-electron chi connectivity index (χ0n) is 34.4. The Labute approximate surface area is 354 Å². The number of halogens is 1. The number of ether oxygens (including phenoxy) is 1. The number of carbonyl (C=O) groups is 2. The normalized spacial score (nSPS) is 11.3. The predicted molar refractivity (Wildman–Crippen MR) is 239 cm³/mol. The molecule has 0 aliphatic carbocycles. The Balaban J connectivity index is 0.000000225. The fourth-order valence-electron chi connectivity index (χ4n) is 5.63. The predicted octanol–water partition coefficient (Wildman–Crippen LogP) is 5.60. The van der Waals surface area contributed by atoms with Crippen LogP contribution in [0.5, 0.6) is 0 Å². The molecule has 0 spiro atoms. The molecule has 0 atom stereocenters. The topological polar surface area (TPSA) is 203 Å². The maximum absolute atomic E-state index is 12.2. The Morgan fingerprint density at radius 1 is 0.750 bits per heavy atom. The second kappa shape index (κ2) is 25.0. The Morgan fingerprint density at radius 3 is 1.68 bits per heavy atom. The molecule has 4 aromatic carbocycles. The first-order chi connectivity index (χ1) is 28.7. The summed E-state index contributed by atoms with van der Waals surface area (Å²) in [6.45, 7) is 15.8. The maximum atomic E-state index is 12.2. The van der Waals surface area contributed by atoms with Gasteiger partial charge in [-0.3, -0.25) is 4.79 Å². The van der Waals surface area contributed by atoms with Gasteiger partial charge >= 0.3 is 87.2 Å². The monoisotopic (exact) mass is 837 g/mol. The van der Waals surface area contributed by atoms with Crippen LogP contribution in [0.3, 0.4) is 0 Å². The Hall–Kier alpha value is -5.70. The number of amides is 1. The average Bonchev–Trinajstić information content (AvgIpc) is 3.83. The molecule has 5 N–H and O–H groups in total. The second-order valence-electron chi connectivity index (χ2n) is 13.4. The number of nitrogens with two attached hydrogens (primary N) is 1. The average molecular weight is 838 g/mol. The van der Waals surface area contributed by atoms with Crippen LogP contribution in [-0.2, 0) is 9.44 Å². The van der Waals surface area contributed by atoms with Crippen LogP contribution < -0.4 is 33.2 Å². The van der Waals surface area contributed by atoms with E-state index in [4.69, 9.17) is 41.0 Å². The van der Waals surface area contributed by atoms with Gasteiger partial charge in [-0.05, 0) is 99.3 Å². The van der Waals surface area contributed by atoms with Gasteiger partial charge in [0.25, 0.3) is 5.91 Å². The van der Waals surface area contributed by atoms with Crippen LogP contribution in [0.15, 0.2) is 115 Å². The Morgan fingerprint density at radius 2 is 1.25 bits per heavy atom. The van der Waals surface area contributed by atoms with E-state index in [0.29, 0.717) is 51.7 Å². The van der Waals surface area contributed by atoms with Gasteiger partial charge in [-0.25, -0.2) is 9.59 Å². The van der Waals surface area contributed by atoms with E-state index < -0.39 is 18.0 Å². The molecular formula is C44H50B2ClN3O10. The third-order valence-corrected chi connectivity index (χ3v) is 9.32. The summed E-state index contributed by atoms with van der Waals surface area (Å²) < 4.78 is 25.3. The van der Waals surface area contributed by atoms with Crippen LogP contribution in [0.1, 0.15) is 65.5 Å². The van der Waals surface area contributed by atoms with Crippen molar-refractivity contribution in [2.75, 3.05) is 43.9 Å². The minimum atomic E-state index is -1.58. The van der Waals surface area contributed by atoms with Crippen molar-refractivity contribution in [2.24, 2.45) is 0 Å². The van der Waals surface area contributed by atoms with E-state index >= 15 is 0 Å². The van der Waals surface area contributed by atoms with E-state index in [1.807, 2.05) is 19.9 Å². The van der Waals surface area contributed by atoms with E-state index in [1.165, 1.54) is 81.0 Å². The first-order valence-corrected chi connectivity index (χ1v) is 19.7. The van der Waals surface area contributed by atoms with Gasteiger partial charge in [0, 0.05) is 65.2 Å². The molecule has 0 bridgehead atoms. The van der Waals surface area contributed by atoms with Gasteiger partial charge in [0.1, 0.15) is 11.2 Å². The number of fused-ring (bicyclic) bond motifs is 2. The number of benzene rings is 4. The number of rotatable bonds is 8. The standard InChI is InChI=1S/C17H14BNO5.C10H9NO2.C7H4BClO2.C6H15N.C4H8O/c1-10-8-16(20)24-15-9-13(6-7-14(10)15)19-17(21)11-2-4-12(5-3-11)18(22)23;1-6-4-10(12)13-9-5-7(11)2-3-8(6)9;9-7(10)5-1-3-6(8-11)4-2-5;1-4-7(5-2)6-3;1-2-4-5-3-1/h2-9,22-23H,1H3,(H,19,21);2-5H,11H2,1H3;1-4H;4-6H2,1-3H3;1-4H2. The van der Waals surface area contributed by atoms with Gasteiger partial charge in [-0.1, -0.05) is 32.9 Å². The first kappa shape index (κ1) is 48.7. The molecule has 1 amide bonds. The summed E-state index contributed by atoms with van der Waals surface area (Å²) in [6.07, 6.45) is 2.56. The number of carbonyl (C=O) groups excluding carboxylic acids is 2.